The van der Waals surface area contributed by atoms with E-state index in [0.717, 1.165) is 32.1 Å². The monoisotopic (exact) mass is 430 g/mol. The van der Waals surface area contributed by atoms with Crippen molar-refractivity contribution in [2.75, 3.05) is 0 Å². The highest BCUT2D eigenvalue weighted by Gasteiger charge is 2.84. The number of hydrogen-bond acceptors (Lipinski definition) is 4. The lowest BCUT2D eigenvalue weighted by molar-refractivity contribution is -0.182. The Bertz CT molecular complexity index is 822. The van der Waals surface area contributed by atoms with Crippen molar-refractivity contribution >= 4 is 5.78 Å². The summed E-state index contributed by atoms with van der Waals surface area (Å²) in [5.74, 6) is 2.02. The fraction of sp³-hybridized carbons (Fsp3) is 0.963. The average molecular weight is 431 g/mol. The predicted molar refractivity (Wildman–Crippen MR) is 118 cm³/mol. The molecule has 1 saturated heterocycles. The van der Waals surface area contributed by atoms with Crippen LogP contribution in [0.25, 0.3) is 0 Å². The van der Waals surface area contributed by atoms with Crippen molar-refractivity contribution in [3.63, 3.8) is 0 Å². The van der Waals surface area contributed by atoms with Crippen molar-refractivity contribution in [1.29, 1.82) is 0 Å². The molecule has 1 heterocycles. The van der Waals surface area contributed by atoms with E-state index in [9.17, 15) is 15.0 Å². The Morgan fingerprint density at radius 2 is 1.71 bits per heavy atom. The van der Waals surface area contributed by atoms with E-state index in [1.54, 1.807) is 0 Å². The zero-order valence-corrected chi connectivity index (χ0v) is 20.1. The highest BCUT2D eigenvalue weighted by Crippen LogP contribution is 2.88. The maximum absolute atomic E-state index is 12.9. The molecule has 5 aliphatic carbocycles. The maximum atomic E-state index is 12.9. The molecule has 5 saturated carbocycles. The van der Waals surface area contributed by atoms with Crippen LogP contribution in [0.15, 0.2) is 0 Å². The van der Waals surface area contributed by atoms with E-state index in [-0.39, 0.29) is 34.4 Å². The summed E-state index contributed by atoms with van der Waals surface area (Å²) in [5.41, 5.74) is 0.361. The largest absolute Gasteiger partial charge is 0.393 e. The molecule has 6 fully saturated rings. The van der Waals surface area contributed by atoms with Crippen LogP contribution in [0.1, 0.15) is 92.4 Å². The van der Waals surface area contributed by atoms with Gasteiger partial charge in [-0.1, -0.05) is 34.6 Å². The van der Waals surface area contributed by atoms with Gasteiger partial charge in [-0.15, -0.1) is 0 Å². The molecule has 0 aromatic heterocycles. The fourth-order valence-electron chi connectivity index (χ4n) is 11.3. The fourth-order valence-corrected chi connectivity index (χ4v) is 11.3. The van der Waals surface area contributed by atoms with E-state index in [1.165, 1.54) is 19.3 Å². The molecule has 4 nitrogen and oxygen atoms in total. The number of ether oxygens (including phenoxy) is 1. The molecule has 6 rings (SSSR count). The third kappa shape index (κ3) is 2.22. The number of rotatable bonds is 0. The lowest BCUT2D eigenvalue weighted by Crippen LogP contribution is -2.60. The summed E-state index contributed by atoms with van der Waals surface area (Å²) < 4.78 is 6.28. The minimum atomic E-state index is -0.627. The average Bonchev–Trinajstić information content (AvgIpc) is 3.30. The molecule has 0 aromatic rings. The number of fused-ring (bicyclic) bond motifs is 4. The van der Waals surface area contributed by atoms with Gasteiger partial charge in [-0.25, -0.2) is 0 Å². The van der Waals surface area contributed by atoms with Crippen molar-refractivity contribution in [3.05, 3.63) is 0 Å². The van der Waals surface area contributed by atoms with Crippen LogP contribution in [0.4, 0.5) is 0 Å². The van der Waals surface area contributed by atoms with Gasteiger partial charge in [-0.2, -0.15) is 0 Å². The summed E-state index contributed by atoms with van der Waals surface area (Å²) in [4.78, 5) is 12.9. The van der Waals surface area contributed by atoms with Crippen molar-refractivity contribution in [3.8, 4) is 0 Å². The number of ketones is 1. The molecule has 31 heavy (non-hydrogen) atoms. The molecule has 1 unspecified atom stereocenters. The van der Waals surface area contributed by atoms with Crippen molar-refractivity contribution in [2.24, 2.45) is 50.7 Å². The van der Waals surface area contributed by atoms with E-state index >= 15 is 0 Å². The van der Waals surface area contributed by atoms with Crippen molar-refractivity contribution < 1.29 is 19.7 Å². The molecule has 2 N–H and O–H groups in total. The van der Waals surface area contributed by atoms with Gasteiger partial charge in [-0.05, 0) is 90.8 Å². The molecule has 2 spiro atoms. The Hall–Kier alpha value is -0.450. The third-order valence-corrected chi connectivity index (χ3v) is 12.7. The first kappa shape index (κ1) is 21.1. The number of carbonyl (C=O) groups excluding carboxylic acids is 1. The number of carbonyl (C=O) groups is 1. The Morgan fingerprint density at radius 3 is 2.45 bits per heavy atom. The second-order valence-corrected chi connectivity index (χ2v) is 13.7. The molecule has 0 aromatic carbocycles. The standard InChI is InChI=1S/C27H42O4/c1-15-6-7-20(30)31-17-13-25(5)18-12-16(28)22-23(2,3)19(29)8-9-27(22)14-26(18,27)11-10-24(25,4)21(15)17/h15-18,20-22,28,30H,6-14H2,1-5H3/t15-,16+,17+,18+,20?,21+,22+,24-,25+,26+,27-/m1/s1. The number of aliphatic hydroxyl groups is 2. The van der Waals surface area contributed by atoms with Gasteiger partial charge in [0.15, 0.2) is 6.29 Å². The van der Waals surface area contributed by atoms with E-state index in [0.29, 0.717) is 35.4 Å². The van der Waals surface area contributed by atoms with E-state index < -0.39 is 11.7 Å². The van der Waals surface area contributed by atoms with Gasteiger partial charge in [0, 0.05) is 17.8 Å². The smallest absolute Gasteiger partial charge is 0.154 e. The second kappa shape index (κ2) is 5.96. The molecule has 1 aliphatic heterocycles. The highest BCUT2D eigenvalue weighted by atomic mass is 16.6. The van der Waals surface area contributed by atoms with Gasteiger partial charge >= 0.3 is 0 Å². The first-order valence-electron chi connectivity index (χ1n) is 13.0. The van der Waals surface area contributed by atoms with Crippen LogP contribution in [-0.2, 0) is 9.53 Å². The summed E-state index contributed by atoms with van der Waals surface area (Å²) in [6.07, 6.45) is 8.12. The van der Waals surface area contributed by atoms with Crippen LogP contribution in [0.2, 0.25) is 0 Å². The normalized spacial score (nSPS) is 61.9. The summed E-state index contributed by atoms with van der Waals surface area (Å²) in [6, 6.07) is 0. The summed E-state index contributed by atoms with van der Waals surface area (Å²) in [6.45, 7) is 11.6. The quantitative estimate of drug-likeness (QED) is 0.584. The summed E-state index contributed by atoms with van der Waals surface area (Å²) >= 11 is 0. The molecule has 0 bridgehead atoms. The van der Waals surface area contributed by atoms with E-state index in [1.807, 2.05) is 0 Å². The number of aliphatic hydroxyl groups excluding tert-OH is 2. The van der Waals surface area contributed by atoms with Crippen molar-refractivity contribution in [2.45, 2.75) is 111 Å². The Kier molecular flexibility index (Phi) is 4.06. The molecule has 4 heteroatoms. The highest BCUT2D eigenvalue weighted by molar-refractivity contribution is 5.86. The van der Waals surface area contributed by atoms with Gasteiger partial charge in [0.1, 0.15) is 5.78 Å². The Labute approximate surface area is 187 Å². The van der Waals surface area contributed by atoms with Gasteiger partial charge in [0.25, 0.3) is 0 Å². The Balaban J connectivity index is 1.42. The summed E-state index contributed by atoms with van der Waals surface area (Å²) in [5, 5.41) is 22.0. The van der Waals surface area contributed by atoms with E-state index in [4.69, 9.17) is 4.74 Å². The van der Waals surface area contributed by atoms with Crippen LogP contribution < -0.4 is 0 Å². The minimum absolute atomic E-state index is 0.118. The van der Waals surface area contributed by atoms with Gasteiger partial charge in [-0.3, -0.25) is 4.79 Å². The van der Waals surface area contributed by atoms with Gasteiger partial charge < -0.3 is 14.9 Å². The lowest BCUT2D eigenvalue weighted by Gasteiger charge is -2.63. The first-order chi connectivity index (χ1) is 14.4. The van der Waals surface area contributed by atoms with Crippen LogP contribution in [0.5, 0.6) is 0 Å². The molecule has 174 valence electrons. The molecule has 0 radical (unpaired) electrons. The van der Waals surface area contributed by atoms with Gasteiger partial charge in [0.05, 0.1) is 12.2 Å². The van der Waals surface area contributed by atoms with Crippen LogP contribution in [-0.4, -0.2) is 34.5 Å². The van der Waals surface area contributed by atoms with Crippen LogP contribution in [0.3, 0.4) is 0 Å². The molecular formula is C27H42O4. The van der Waals surface area contributed by atoms with Crippen LogP contribution in [0, 0.1) is 50.7 Å². The molecule has 6 aliphatic rings. The lowest BCUT2D eigenvalue weighted by atomic mass is 9.41. The van der Waals surface area contributed by atoms with Crippen molar-refractivity contribution in [1.82, 2.24) is 0 Å². The number of Topliss-reactive ketones (excluding diaryl/α,β-unsaturated/α-hetero) is 1. The second-order valence-electron chi connectivity index (χ2n) is 13.7. The zero-order valence-electron chi connectivity index (χ0n) is 20.1. The van der Waals surface area contributed by atoms with E-state index in [2.05, 4.69) is 34.6 Å². The summed E-state index contributed by atoms with van der Waals surface area (Å²) in [7, 11) is 0. The SMILES string of the molecule is C[C@@H]1CCC(O)O[C@H]2C[C@@]3(C)[C@@H]4C[C@H](O)[C@H]5C(C)(C)C(=O)CC[C@@]56C[C@@]46CC[C@]3(C)[C@@H]12. The maximum Gasteiger partial charge on any atom is 0.154 e. The van der Waals surface area contributed by atoms with Gasteiger partial charge in [0.2, 0.25) is 0 Å². The topological polar surface area (TPSA) is 66.8 Å². The predicted octanol–water partition coefficient (Wildman–Crippen LogP) is 4.71. The molecule has 0 amide bonds. The minimum Gasteiger partial charge on any atom is -0.393 e. The zero-order chi connectivity index (χ0) is 22.2. The Morgan fingerprint density at radius 1 is 0.968 bits per heavy atom. The first-order valence-corrected chi connectivity index (χ1v) is 13.0. The molecule has 11 atom stereocenters. The molecular weight excluding hydrogens is 388 g/mol. The third-order valence-electron chi connectivity index (χ3n) is 12.7. The van der Waals surface area contributed by atoms with Crippen LogP contribution >= 0.6 is 0 Å². The number of hydrogen-bond donors (Lipinski definition) is 2.